The summed E-state index contributed by atoms with van der Waals surface area (Å²) in [6.45, 7) is 9.70. The van der Waals surface area contributed by atoms with Gasteiger partial charge in [-0.3, -0.25) is 9.80 Å². The van der Waals surface area contributed by atoms with Crippen LogP contribution < -0.4 is 0 Å². The minimum Gasteiger partial charge on any atom is -0.374 e. The minimum absolute atomic E-state index is 0.209. The minimum atomic E-state index is 0.209. The van der Waals surface area contributed by atoms with Crippen molar-refractivity contribution in [2.45, 2.75) is 45.6 Å². The number of likely N-dealkylation sites (N-methyl/N-ethyl adjacent to an activating group) is 1. The average Bonchev–Trinajstić information content (AvgIpc) is 3.09. The Labute approximate surface area is 150 Å². The monoisotopic (exact) mass is 343 g/mol. The van der Waals surface area contributed by atoms with E-state index in [-0.39, 0.29) is 6.10 Å². The Bertz CT molecular complexity index is 644. The molecule has 0 N–H and O–H groups in total. The summed E-state index contributed by atoms with van der Waals surface area (Å²) in [5.74, 6) is 1.01. The molecule has 6 heteroatoms. The summed E-state index contributed by atoms with van der Waals surface area (Å²) in [5, 5.41) is 4.26. The van der Waals surface area contributed by atoms with Crippen LogP contribution in [0.5, 0.6) is 0 Å². The van der Waals surface area contributed by atoms with Crippen molar-refractivity contribution in [2.75, 3.05) is 26.7 Å². The van der Waals surface area contributed by atoms with E-state index in [1.165, 1.54) is 5.56 Å². The number of benzene rings is 1. The Hall–Kier alpha value is -1.76. The fourth-order valence-corrected chi connectivity index (χ4v) is 3.33. The molecule has 1 aliphatic heterocycles. The van der Waals surface area contributed by atoms with Gasteiger partial charge >= 0.3 is 0 Å². The molecular formula is C19H29N5O. The zero-order chi connectivity index (χ0) is 17.6. The number of aryl methyl sites for hydroxylation is 1. The number of hydrogen-bond acceptors (Lipinski definition) is 5. The first-order valence-corrected chi connectivity index (χ1v) is 9.12. The number of nitrogens with zero attached hydrogens (tertiary/aromatic N) is 5. The van der Waals surface area contributed by atoms with Crippen molar-refractivity contribution < 1.29 is 4.74 Å². The lowest BCUT2D eigenvalue weighted by Crippen LogP contribution is -2.51. The predicted octanol–water partition coefficient (Wildman–Crippen LogP) is 2.02. The Morgan fingerprint density at radius 2 is 2.12 bits per heavy atom. The Kier molecular flexibility index (Phi) is 6.18. The zero-order valence-electron chi connectivity index (χ0n) is 15.5. The van der Waals surface area contributed by atoms with E-state index in [2.05, 4.69) is 71.1 Å². The molecule has 1 aliphatic rings. The molecule has 6 nitrogen and oxygen atoms in total. The van der Waals surface area contributed by atoms with Gasteiger partial charge in [0.25, 0.3) is 0 Å². The van der Waals surface area contributed by atoms with Crippen LogP contribution in [-0.4, -0.2) is 63.5 Å². The van der Waals surface area contributed by atoms with E-state index in [4.69, 9.17) is 4.74 Å². The summed E-state index contributed by atoms with van der Waals surface area (Å²) in [4.78, 5) is 9.19. The van der Waals surface area contributed by atoms with Crippen molar-refractivity contribution >= 4 is 0 Å². The highest BCUT2D eigenvalue weighted by Crippen LogP contribution is 2.16. The van der Waals surface area contributed by atoms with E-state index < -0.39 is 0 Å². The fraction of sp³-hybridized carbons (Fsp3) is 0.579. The molecule has 0 amide bonds. The number of ether oxygens (including phenoxy) is 1. The van der Waals surface area contributed by atoms with E-state index in [0.29, 0.717) is 6.04 Å². The summed E-state index contributed by atoms with van der Waals surface area (Å²) in [6, 6.07) is 11.0. The maximum absolute atomic E-state index is 6.08. The van der Waals surface area contributed by atoms with Crippen LogP contribution in [0.2, 0.25) is 0 Å². The molecule has 0 bridgehead atoms. The van der Waals surface area contributed by atoms with Gasteiger partial charge in [-0.05, 0) is 26.5 Å². The van der Waals surface area contributed by atoms with Crippen molar-refractivity contribution in [3.05, 3.63) is 48.0 Å². The maximum atomic E-state index is 6.08. The SMILES string of the molecule is CCn1ncnc1CN(C)C(C)C1CN(Cc2ccccc2)CCO1. The molecule has 2 unspecified atom stereocenters. The predicted molar refractivity (Wildman–Crippen MR) is 98.1 cm³/mol. The van der Waals surface area contributed by atoms with Gasteiger partial charge < -0.3 is 4.74 Å². The van der Waals surface area contributed by atoms with Crippen LogP contribution in [0.3, 0.4) is 0 Å². The first kappa shape index (κ1) is 18.0. The highest BCUT2D eigenvalue weighted by atomic mass is 16.5. The molecule has 1 saturated heterocycles. The second kappa shape index (κ2) is 8.56. The first-order valence-electron chi connectivity index (χ1n) is 9.12. The third-order valence-electron chi connectivity index (χ3n) is 5.05. The van der Waals surface area contributed by atoms with E-state index in [1.54, 1.807) is 6.33 Å². The van der Waals surface area contributed by atoms with E-state index in [0.717, 1.165) is 45.2 Å². The van der Waals surface area contributed by atoms with Crippen molar-refractivity contribution in [3.8, 4) is 0 Å². The molecule has 0 aliphatic carbocycles. The van der Waals surface area contributed by atoms with Crippen LogP contribution in [0.4, 0.5) is 0 Å². The Morgan fingerprint density at radius 3 is 2.88 bits per heavy atom. The largest absolute Gasteiger partial charge is 0.374 e. The average molecular weight is 343 g/mol. The van der Waals surface area contributed by atoms with E-state index in [1.807, 2.05) is 4.68 Å². The topological polar surface area (TPSA) is 46.4 Å². The number of rotatable bonds is 7. The summed E-state index contributed by atoms with van der Waals surface area (Å²) >= 11 is 0. The maximum Gasteiger partial charge on any atom is 0.140 e. The quantitative estimate of drug-likeness (QED) is 0.770. The van der Waals surface area contributed by atoms with Crippen LogP contribution in [0.15, 0.2) is 36.7 Å². The van der Waals surface area contributed by atoms with Crippen molar-refractivity contribution in [2.24, 2.45) is 0 Å². The van der Waals surface area contributed by atoms with Gasteiger partial charge in [0.1, 0.15) is 12.2 Å². The fourth-order valence-electron chi connectivity index (χ4n) is 3.33. The molecule has 2 aromatic rings. The lowest BCUT2D eigenvalue weighted by Gasteiger charge is -2.39. The Morgan fingerprint density at radius 1 is 1.32 bits per heavy atom. The molecule has 25 heavy (non-hydrogen) atoms. The van der Waals surface area contributed by atoms with Gasteiger partial charge in [-0.1, -0.05) is 30.3 Å². The summed E-state index contributed by atoms with van der Waals surface area (Å²) < 4.78 is 8.03. The summed E-state index contributed by atoms with van der Waals surface area (Å²) in [7, 11) is 2.14. The highest BCUT2D eigenvalue weighted by Gasteiger charge is 2.28. The van der Waals surface area contributed by atoms with Crippen LogP contribution >= 0.6 is 0 Å². The molecule has 136 valence electrons. The third-order valence-corrected chi connectivity index (χ3v) is 5.05. The second-order valence-electron chi connectivity index (χ2n) is 6.78. The van der Waals surface area contributed by atoms with Gasteiger partial charge in [-0.15, -0.1) is 0 Å². The van der Waals surface area contributed by atoms with Gasteiger partial charge in [0.2, 0.25) is 0 Å². The Balaban J connectivity index is 1.56. The normalized spacial score (nSPS) is 20.1. The zero-order valence-corrected chi connectivity index (χ0v) is 15.5. The lowest BCUT2D eigenvalue weighted by molar-refractivity contribution is -0.0675. The van der Waals surface area contributed by atoms with Crippen LogP contribution in [0, 0.1) is 0 Å². The van der Waals surface area contributed by atoms with Gasteiger partial charge in [0.15, 0.2) is 0 Å². The molecule has 0 spiro atoms. The highest BCUT2D eigenvalue weighted by molar-refractivity contribution is 5.14. The molecule has 3 rings (SSSR count). The second-order valence-corrected chi connectivity index (χ2v) is 6.78. The van der Waals surface area contributed by atoms with Gasteiger partial charge in [0, 0.05) is 32.2 Å². The molecule has 1 fully saturated rings. The molecule has 2 heterocycles. The summed E-state index contributed by atoms with van der Waals surface area (Å²) in [6.07, 6.45) is 1.84. The lowest BCUT2D eigenvalue weighted by atomic mass is 10.1. The van der Waals surface area contributed by atoms with Crippen LogP contribution in [0.25, 0.3) is 0 Å². The number of hydrogen-bond donors (Lipinski definition) is 0. The van der Waals surface area contributed by atoms with E-state index in [9.17, 15) is 0 Å². The van der Waals surface area contributed by atoms with Crippen molar-refractivity contribution in [1.82, 2.24) is 24.6 Å². The molecule has 0 saturated carbocycles. The summed E-state index contributed by atoms with van der Waals surface area (Å²) in [5.41, 5.74) is 1.36. The van der Waals surface area contributed by atoms with Gasteiger partial charge in [-0.2, -0.15) is 5.10 Å². The van der Waals surface area contributed by atoms with Crippen molar-refractivity contribution in [1.29, 1.82) is 0 Å². The standard InChI is InChI=1S/C19H29N5O/c1-4-24-19(20-15-21-24)14-22(3)16(2)18-13-23(10-11-25-18)12-17-8-6-5-7-9-17/h5-9,15-16,18H,4,10-14H2,1-3H3. The number of morpholine rings is 1. The van der Waals surface area contributed by atoms with Crippen LogP contribution in [0.1, 0.15) is 25.2 Å². The van der Waals surface area contributed by atoms with Gasteiger partial charge in [0.05, 0.1) is 19.3 Å². The first-order chi connectivity index (χ1) is 12.2. The molecule has 1 aromatic carbocycles. The van der Waals surface area contributed by atoms with E-state index >= 15 is 0 Å². The smallest absolute Gasteiger partial charge is 0.140 e. The third kappa shape index (κ3) is 4.66. The van der Waals surface area contributed by atoms with Gasteiger partial charge in [-0.25, -0.2) is 9.67 Å². The molecule has 2 atom stereocenters. The van der Waals surface area contributed by atoms with Crippen LogP contribution in [-0.2, 0) is 24.4 Å². The molecular weight excluding hydrogens is 314 g/mol. The number of aromatic nitrogens is 3. The molecule has 1 aromatic heterocycles. The van der Waals surface area contributed by atoms with Crippen molar-refractivity contribution in [3.63, 3.8) is 0 Å². The molecule has 0 radical (unpaired) electrons.